The highest BCUT2D eigenvalue weighted by atomic mass is 32.1. The lowest BCUT2D eigenvalue weighted by molar-refractivity contribution is -0.275. The summed E-state index contributed by atoms with van der Waals surface area (Å²) >= 11 is 1.38. The number of alkyl halides is 3. The molecule has 0 fully saturated rings. The molecule has 3 aromatic heterocycles. The number of thiazole rings is 1. The number of hydrogen-bond acceptors (Lipinski definition) is 5. The summed E-state index contributed by atoms with van der Waals surface area (Å²) in [5.41, 5.74) is 1.29. The highest BCUT2D eigenvalue weighted by Gasteiger charge is 2.35. The van der Waals surface area contributed by atoms with Crippen LogP contribution in [0.3, 0.4) is 0 Å². The van der Waals surface area contributed by atoms with E-state index in [1.165, 1.54) is 24.5 Å². The molecule has 5 nitrogen and oxygen atoms in total. The minimum atomic E-state index is -5.02. The van der Waals surface area contributed by atoms with Crippen LogP contribution in [0, 0.1) is 19.7 Å². The van der Waals surface area contributed by atoms with Gasteiger partial charge in [-0.15, -0.1) is 13.2 Å². The van der Waals surface area contributed by atoms with Gasteiger partial charge in [0.1, 0.15) is 15.9 Å². The number of nitrogens with one attached hydrogen (secondary N) is 1. The molecule has 0 aliphatic rings. The number of H-pyrrole nitrogens is 1. The Morgan fingerprint density at radius 2 is 1.92 bits per heavy atom. The zero-order valence-corrected chi connectivity index (χ0v) is 14.2. The molecule has 1 aromatic carbocycles. The van der Waals surface area contributed by atoms with Gasteiger partial charge in [0.15, 0.2) is 11.6 Å². The van der Waals surface area contributed by atoms with Gasteiger partial charge in [0.05, 0.1) is 16.9 Å². The van der Waals surface area contributed by atoms with Crippen molar-refractivity contribution in [1.82, 2.24) is 20.2 Å². The number of aromatic nitrogens is 4. The molecule has 0 saturated carbocycles. The molecule has 134 valence electrons. The minimum Gasteiger partial charge on any atom is -0.400 e. The molecule has 0 unspecified atom stereocenters. The molecule has 26 heavy (non-hydrogen) atoms. The molecule has 0 spiro atoms. The first-order valence-corrected chi connectivity index (χ1v) is 8.21. The Bertz CT molecular complexity index is 1150. The van der Waals surface area contributed by atoms with Gasteiger partial charge in [-0.3, -0.25) is 5.10 Å². The molecule has 0 radical (unpaired) electrons. The van der Waals surface area contributed by atoms with E-state index < -0.39 is 17.9 Å². The lowest BCUT2D eigenvalue weighted by atomic mass is 9.99. The van der Waals surface area contributed by atoms with Crippen molar-refractivity contribution in [3.63, 3.8) is 0 Å². The zero-order valence-electron chi connectivity index (χ0n) is 13.4. The molecule has 10 heteroatoms. The topological polar surface area (TPSA) is 63.7 Å². The van der Waals surface area contributed by atoms with Gasteiger partial charge < -0.3 is 4.74 Å². The molecule has 0 saturated heterocycles. The number of nitrogens with zero attached hydrogens (tertiary/aromatic N) is 3. The summed E-state index contributed by atoms with van der Waals surface area (Å²) in [7, 11) is 0. The number of fused-ring (bicyclic) bond motifs is 2. The van der Waals surface area contributed by atoms with E-state index in [4.69, 9.17) is 0 Å². The summed E-state index contributed by atoms with van der Waals surface area (Å²) < 4.78 is 56.5. The van der Waals surface area contributed by atoms with Gasteiger partial charge in [-0.25, -0.2) is 14.4 Å². The maximum Gasteiger partial charge on any atom is 0.573 e. The van der Waals surface area contributed by atoms with Crippen molar-refractivity contribution < 1.29 is 22.3 Å². The van der Waals surface area contributed by atoms with Crippen LogP contribution in [0.4, 0.5) is 17.6 Å². The number of benzene rings is 1. The van der Waals surface area contributed by atoms with Crippen LogP contribution < -0.4 is 4.74 Å². The second-order valence-corrected chi connectivity index (χ2v) is 6.78. The van der Waals surface area contributed by atoms with Crippen LogP contribution in [0.15, 0.2) is 18.3 Å². The lowest BCUT2D eigenvalue weighted by Crippen LogP contribution is -2.18. The Morgan fingerprint density at radius 1 is 1.15 bits per heavy atom. The third-order valence-corrected chi connectivity index (χ3v) is 4.76. The fourth-order valence-corrected chi connectivity index (χ4v) is 3.63. The maximum atomic E-state index is 14.7. The monoisotopic (exact) mass is 382 g/mol. The van der Waals surface area contributed by atoms with Gasteiger partial charge >= 0.3 is 6.36 Å². The number of aryl methyl sites for hydroxylation is 1. The molecule has 0 bridgehead atoms. The Hall–Kier alpha value is -2.75. The van der Waals surface area contributed by atoms with Crippen LogP contribution in [-0.4, -0.2) is 26.5 Å². The maximum absolute atomic E-state index is 14.7. The van der Waals surface area contributed by atoms with Gasteiger partial charge in [-0.1, -0.05) is 11.3 Å². The second-order valence-electron chi connectivity index (χ2n) is 5.60. The first-order chi connectivity index (χ1) is 12.2. The van der Waals surface area contributed by atoms with Crippen molar-refractivity contribution >= 4 is 32.6 Å². The van der Waals surface area contributed by atoms with Gasteiger partial charge in [0.2, 0.25) is 0 Å². The lowest BCUT2D eigenvalue weighted by Gasteiger charge is -2.15. The van der Waals surface area contributed by atoms with Crippen LogP contribution in [0.25, 0.3) is 32.5 Å². The van der Waals surface area contributed by atoms with Crippen molar-refractivity contribution in [3.8, 4) is 17.0 Å². The van der Waals surface area contributed by atoms with Gasteiger partial charge in [-0.2, -0.15) is 5.10 Å². The molecule has 0 aliphatic heterocycles. The molecule has 0 aliphatic carbocycles. The molecule has 1 N–H and O–H groups in total. The third kappa shape index (κ3) is 2.66. The van der Waals surface area contributed by atoms with Crippen molar-refractivity contribution in [2.45, 2.75) is 20.2 Å². The van der Waals surface area contributed by atoms with Crippen LogP contribution in [-0.2, 0) is 0 Å². The predicted octanol–water partition coefficient (Wildman–Crippen LogP) is 4.89. The van der Waals surface area contributed by atoms with Gasteiger partial charge in [0.25, 0.3) is 0 Å². The SMILES string of the molecule is Cc1nc2ccc(-c3c(C)c(F)c(OC(F)(F)F)c4[nH]ncc34)nc2s1. The first-order valence-electron chi connectivity index (χ1n) is 7.40. The number of rotatable bonds is 2. The first kappa shape index (κ1) is 16.7. The molecule has 0 atom stereocenters. The van der Waals surface area contributed by atoms with Crippen molar-refractivity contribution in [2.24, 2.45) is 0 Å². The van der Waals surface area contributed by atoms with E-state index in [9.17, 15) is 17.6 Å². The Morgan fingerprint density at radius 3 is 2.65 bits per heavy atom. The standard InChI is InChI=1S/C16H10F4N4OS/c1-6-11(9-3-4-10-15(23-9)26-7(2)22-10)8-5-21-24-13(8)14(12(6)17)25-16(18,19)20/h3-5H,1-2H3,(H,21,24). The summed E-state index contributed by atoms with van der Waals surface area (Å²) in [4.78, 5) is 9.46. The highest BCUT2D eigenvalue weighted by Crippen LogP contribution is 2.41. The van der Waals surface area contributed by atoms with Crippen molar-refractivity contribution in [3.05, 3.63) is 34.7 Å². The highest BCUT2D eigenvalue weighted by molar-refractivity contribution is 7.18. The normalized spacial score (nSPS) is 12.2. The second kappa shape index (κ2) is 5.63. The summed E-state index contributed by atoms with van der Waals surface area (Å²) in [6, 6.07) is 3.39. The number of hydrogen-bond donors (Lipinski definition) is 1. The molecule has 3 heterocycles. The summed E-state index contributed by atoms with van der Waals surface area (Å²) in [5.74, 6) is -2.04. The summed E-state index contributed by atoms with van der Waals surface area (Å²) in [6.45, 7) is 3.22. The number of aromatic amines is 1. The largest absolute Gasteiger partial charge is 0.573 e. The minimum absolute atomic E-state index is 0.00811. The quantitative estimate of drug-likeness (QED) is 0.502. The van der Waals surface area contributed by atoms with Crippen LogP contribution >= 0.6 is 11.3 Å². The Kier molecular flexibility index (Phi) is 3.62. The number of pyridine rings is 1. The molecular weight excluding hydrogens is 372 g/mol. The molecule has 4 aromatic rings. The predicted molar refractivity (Wildman–Crippen MR) is 88.6 cm³/mol. The Balaban J connectivity index is 1.99. The summed E-state index contributed by atoms with van der Waals surface area (Å²) in [6.07, 6.45) is -3.70. The molecule has 4 rings (SSSR count). The van der Waals surface area contributed by atoms with E-state index >= 15 is 0 Å². The van der Waals surface area contributed by atoms with E-state index in [1.54, 1.807) is 12.1 Å². The van der Waals surface area contributed by atoms with Crippen LogP contribution in [0.5, 0.6) is 5.75 Å². The molecular formula is C16H10F4N4OS. The average molecular weight is 382 g/mol. The van der Waals surface area contributed by atoms with Crippen molar-refractivity contribution in [1.29, 1.82) is 0 Å². The van der Waals surface area contributed by atoms with E-state index in [-0.39, 0.29) is 16.5 Å². The van der Waals surface area contributed by atoms with Gasteiger partial charge in [-0.05, 0) is 31.5 Å². The fourth-order valence-electron chi connectivity index (χ4n) is 2.85. The van der Waals surface area contributed by atoms with Crippen molar-refractivity contribution in [2.75, 3.05) is 0 Å². The van der Waals surface area contributed by atoms with Gasteiger partial charge in [0, 0.05) is 10.9 Å². The fraction of sp³-hybridized carbons (Fsp3) is 0.188. The number of ether oxygens (including phenoxy) is 1. The number of halogens is 4. The average Bonchev–Trinajstić information content (AvgIpc) is 3.16. The van der Waals surface area contributed by atoms with E-state index in [1.807, 2.05) is 6.92 Å². The van der Waals surface area contributed by atoms with E-state index in [2.05, 4.69) is 24.9 Å². The summed E-state index contributed by atoms with van der Waals surface area (Å²) in [5, 5.41) is 7.24. The third-order valence-electron chi connectivity index (χ3n) is 3.88. The van der Waals surface area contributed by atoms with Crippen LogP contribution in [0.2, 0.25) is 0 Å². The zero-order chi connectivity index (χ0) is 18.6. The Labute approximate surface area is 147 Å². The van der Waals surface area contributed by atoms with E-state index in [0.29, 0.717) is 21.6 Å². The molecule has 0 amide bonds. The van der Waals surface area contributed by atoms with E-state index in [0.717, 1.165) is 5.01 Å². The van der Waals surface area contributed by atoms with Crippen LogP contribution in [0.1, 0.15) is 10.6 Å². The smallest absolute Gasteiger partial charge is 0.400 e.